The average molecular weight is 293 g/mol. The van der Waals surface area contributed by atoms with Crippen molar-refractivity contribution in [2.24, 2.45) is 0 Å². The number of alkyl halides is 4. The summed E-state index contributed by atoms with van der Waals surface area (Å²) in [7, 11) is 0. The molecule has 0 aliphatic heterocycles. The Bertz CT molecular complexity index is 612. The second-order valence-corrected chi connectivity index (χ2v) is 3.95. The topological polar surface area (TPSA) is 69.6 Å². The van der Waals surface area contributed by atoms with Gasteiger partial charge in [0.1, 0.15) is 12.4 Å². The summed E-state index contributed by atoms with van der Waals surface area (Å²) in [5, 5.41) is 9.80. The lowest BCUT2D eigenvalue weighted by atomic mass is 10.1. The van der Waals surface area contributed by atoms with Crippen LogP contribution in [0.4, 0.5) is 27.6 Å². The number of nitrogens with two attached hydrogens (primary N) is 1. The largest absolute Gasteiger partial charge is 0.398 e. The van der Waals surface area contributed by atoms with E-state index in [-0.39, 0.29) is 17.1 Å². The van der Waals surface area contributed by atoms with Crippen LogP contribution < -0.4 is 5.73 Å². The van der Waals surface area contributed by atoms with Gasteiger partial charge in [-0.1, -0.05) is 0 Å². The normalized spacial score (nSPS) is 12.1. The molecule has 108 valence electrons. The molecule has 2 N–H and O–H groups in total. The number of nitrogen functional groups attached to an aromatic ring is 1. The first-order valence-corrected chi connectivity index (χ1v) is 5.29. The van der Waals surface area contributed by atoms with Gasteiger partial charge in [-0.25, -0.2) is 17.9 Å². The van der Waals surface area contributed by atoms with Gasteiger partial charge < -0.3 is 5.73 Å². The maximum Gasteiger partial charge on any atom is 0.326 e. The molecule has 0 fully saturated rings. The Kier molecular flexibility index (Phi) is 3.55. The van der Waals surface area contributed by atoms with Crippen molar-refractivity contribution in [3.8, 4) is 11.4 Å². The molecule has 0 atom stereocenters. The van der Waals surface area contributed by atoms with E-state index in [0.29, 0.717) is 4.68 Å². The van der Waals surface area contributed by atoms with Gasteiger partial charge in [-0.2, -0.15) is 8.78 Å². The van der Waals surface area contributed by atoms with Crippen molar-refractivity contribution in [2.45, 2.75) is 18.9 Å². The lowest BCUT2D eigenvalue weighted by molar-refractivity contribution is -0.139. The number of nitrogens with zero attached hydrogens (tertiary/aromatic N) is 4. The fourth-order valence-electron chi connectivity index (χ4n) is 1.51. The van der Waals surface area contributed by atoms with Crippen LogP contribution in [0.25, 0.3) is 11.4 Å². The Morgan fingerprint density at radius 3 is 2.60 bits per heavy atom. The number of hydrogen-bond donors (Lipinski definition) is 1. The van der Waals surface area contributed by atoms with E-state index in [2.05, 4.69) is 15.5 Å². The van der Waals surface area contributed by atoms with E-state index < -0.39 is 24.7 Å². The predicted octanol–water partition coefficient (Wildman–Crippen LogP) is 1.96. The Morgan fingerprint density at radius 2 is 2.00 bits per heavy atom. The lowest BCUT2D eigenvalue weighted by Gasteiger charge is -2.15. The first kappa shape index (κ1) is 14.2. The van der Waals surface area contributed by atoms with Gasteiger partial charge in [0.15, 0.2) is 5.82 Å². The number of tetrazole rings is 1. The molecule has 0 spiro atoms. The maximum atomic E-state index is 13.0. The first-order chi connectivity index (χ1) is 9.31. The van der Waals surface area contributed by atoms with Crippen LogP contribution in [0.2, 0.25) is 0 Å². The van der Waals surface area contributed by atoms with Crippen molar-refractivity contribution in [3.63, 3.8) is 0 Å². The average Bonchev–Trinajstić information content (AvgIpc) is 2.76. The first-order valence-electron chi connectivity index (χ1n) is 5.29. The highest BCUT2D eigenvalue weighted by Gasteiger charge is 2.42. The van der Waals surface area contributed by atoms with E-state index in [0.717, 1.165) is 12.1 Å². The molecule has 1 heterocycles. The molecule has 20 heavy (non-hydrogen) atoms. The minimum absolute atomic E-state index is 0.0708. The fourth-order valence-corrected chi connectivity index (χ4v) is 1.51. The summed E-state index contributed by atoms with van der Waals surface area (Å²) in [5.74, 6) is -5.18. The lowest BCUT2D eigenvalue weighted by Crippen LogP contribution is -2.32. The summed E-state index contributed by atoms with van der Waals surface area (Å²) in [6.07, 6.45) is -3.86. The van der Waals surface area contributed by atoms with Crippen LogP contribution in [0.1, 0.15) is 0 Å². The van der Waals surface area contributed by atoms with Crippen molar-refractivity contribution in [1.29, 1.82) is 0 Å². The maximum absolute atomic E-state index is 13.0. The molecule has 2 rings (SSSR count). The molecule has 0 radical (unpaired) electrons. The van der Waals surface area contributed by atoms with Crippen molar-refractivity contribution < 1.29 is 22.0 Å². The second-order valence-electron chi connectivity index (χ2n) is 3.95. The zero-order valence-corrected chi connectivity index (χ0v) is 9.77. The van der Waals surface area contributed by atoms with Crippen LogP contribution in [0, 0.1) is 5.82 Å². The Morgan fingerprint density at radius 1 is 1.30 bits per heavy atom. The Balaban J connectivity index is 2.38. The van der Waals surface area contributed by atoms with Crippen LogP contribution in [-0.4, -0.2) is 32.6 Å². The molecule has 10 heteroatoms. The summed E-state index contributed by atoms with van der Waals surface area (Å²) in [6.45, 7) is -1.41. The molecule has 0 amide bonds. The predicted molar refractivity (Wildman–Crippen MR) is 58.6 cm³/mol. The minimum Gasteiger partial charge on any atom is -0.398 e. The molecule has 1 aromatic carbocycles. The van der Waals surface area contributed by atoms with E-state index in [1.54, 1.807) is 0 Å². The second kappa shape index (κ2) is 5.02. The quantitative estimate of drug-likeness (QED) is 0.691. The van der Waals surface area contributed by atoms with Crippen LogP contribution in [0.5, 0.6) is 0 Å². The molecule has 1 aromatic heterocycles. The van der Waals surface area contributed by atoms with Crippen LogP contribution >= 0.6 is 0 Å². The van der Waals surface area contributed by atoms with Crippen LogP contribution in [0.15, 0.2) is 18.2 Å². The number of rotatable bonds is 4. The van der Waals surface area contributed by atoms with Gasteiger partial charge in [-0.05, 0) is 28.6 Å². The van der Waals surface area contributed by atoms with Gasteiger partial charge in [0.2, 0.25) is 0 Å². The molecule has 0 aliphatic carbocycles. The number of aromatic nitrogens is 4. The third-order valence-corrected chi connectivity index (χ3v) is 2.47. The number of halogens is 5. The summed E-state index contributed by atoms with van der Waals surface area (Å²) in [5.41, 5.74) is 5.50. The van der Waals surface area contributed by atoms with Crippen LogP contribution in [-0.2, 0) is 6.54 Å². The van der Waals surface area contributed by atoms with Crippen molar-refractivity contribution in [1.82, 2.24) is 20.2 Å². The molecular formula is C10H8F5N5. The molecule has 0 aliphatic rings. The summed E-state index contributed by atoms with van der Waals surface area (Å²) >= 11 is 0. The van der Waals surface area contributed by atoms with E-state index in [1.807, 2.05) is 0 Å². The SMILES string of the molecule is Nc1cc(F)ccc1-c1nnnn1CC(F)(F)C(F)F. The van der Waals surface area contributed by atoms with Crippen LogP contribution in [0.3, 0.4) is 0 Å². The standard InChI is InChI=1S/C10H8F5N5/c11-5-1-2-6(7(16)3-5)8-17-18-19-20(8)4-10(14,15)9(12)13/h1-3,9H,4,16H2. The van der Waals surface area contributed by atoms with E-state index in [1.165, 1.54) is 6.07 Å². The number of hydrogen-bond acceptors (Lipinski definition) is 4. The van der Waals surface area contributed by atoms with Gasteiger partial charge in [0.05, 0.1) is 0 Å². The minimum atomic E-state index is -4.29. The Labute approximate surface area is 109 Å². The fraction of sp³-hybridized carbons (Fsp3) is 0.300. The molecule has 2 aromatic rings. The van der Waals surface area contributed by atoms with Gasteiger partial charge in [0.25, 0.3) is 0 Å². The van der Waals surface area contributed by atoms with Gasteiger partial charge in [-0.15, -0.1) is 5.10 Å². The summed E-state index contributed by atoms with van der Waals surface area (Å²) in [6, 6.07) is 3.14. The number of anilines is 1. The highest BCUT2D eigenvalue weighted by Crippen LogP contribution is 2.28. The molecule has 0 saturated carbocycles. The van der Waals surface area contributed by atoms with Crippen molar-refractivity contribution in [3.05, 3.63) is 24.0 Å². The molecule has 0 bridgehead atoms. The van der Waals surface area contributed by atoms with Gasteiger partial charge >= 0.3 is 12.3 Å². The smallest absolute Gasteiger partial charge is 0.326 e. The number of benzene rings is 1. The molecule has 5 nitrogen and oxygen atoms in total. The zero-order chi connectivity index (χ0) is 14.9. The molecule has 0 saturated heterocycles. The third kappa shape index (κ3) is 2.68. The van der Waals surface area contributed by atoms with E-state index in [4.69, 9.17) is 5.73 Å². The van der Waals surface area contributed by atoms with Gasteiger partial charge in [-0.3, -0.25) is 0 Å². The van der Waals surface area contributed by atoms with Crippen molar-refractivity contribution >= 4 is 5.69 Å². The summed E-state index contributed by atoms with van der Waals surface area (Å²) < 4.78 is 63.8. The van der Waals surface area contributed by atoms with Gasteiger partial charge in [0, 0.05) is 11.3 Å². The molecular weight excluding hydrogens is 285 g/mol. The van der Waals surface area contributed by atoms with E-state index >= 15 is 0 Å². The Hall–Kier alpha value is -2.26. The summed E-state index contributed by atoms with van der Waals surface area (Å²) in [4.78, 5) is 0. The van der Waals surface area contributed by atoms with Crippen molar-refractivity contribution in [2.75, 3.05) is 5.73 Å². The zero-order valence-electron chi connectivity index (χ0n) is 9.77. The highest BCUT2D eigenvalue weighted by atomic mass is 19.3. The third-order valence-electron chi connectivity index (χ3n) is 2.47. The molecule has 0 unspecified atom stereocenters. The van der Waals surface area contributed by atoms with E-state index in [9.17, 15) is 22.0 Å². The monoisotopic (exact) mass is 293 g/mol. The highest BCUT2D eigenvalue weighted by molar-refractivity contribution is 5.71.